The van der Waals surface area contributed by atoms with Gasteiger partial charge in [-0.05, 0) is 23.3 Å². The lowest BCUT2D eigenvalue weighted by atomic mass is 9.92. The zero-order valence-corrected chi connectivity index (χ0v) is 22.9. The quantitative estimate of drug-likeness (QED) is 0.263. The van der Waals surface area contributed by atoms with Crippen molar-refractivity contribution in [3.8, 4) is 0 Å². The monoisotopic (exact) mass is 558 g/mol. The maximum atomic E-state index is 2.63. The van der Waals surface area contributed by atoms with Gasteiger partial charge in [-0.2, -0.15) is 0 Å². The number of halogens is 1. The summed E-state index contributed by atoms with van der Waals surface area (Å²) >= 11 is 0. The van der Waals surface area contributed by atoms with Crippen LogP contribution in [0, 0.1) is 0 Å². The van der Waals surface area contributed by atoms with E-state index in [9.17, 15) is 0 Å². The number of hydrogen-bond acceptors (Lipinski definition) is 1. The van der Waals surface area contributed by atoms with Gasteiger partial charge in [-0.1, -0.05) is 140 Å². The maximum absolute atomic E-state index is 2.63. The Labute approximate surface area is 236 Å². The zero-order chi connectivity index (χ0) is 24.9. The van der Waals surface area contributed by atoms with Gasteiger partial charge in [-0.25, -0.2) is 9.48 Å². The fraction of sp³-hybridized carbons (Fsp3) is 0.114. The average molecular weight is 560 g/mol. The van der Waals surface area contributed by atoms with Gasteiger partial charge in [0, 0.05) is 11.1 Å². The lowest BCUT2D eigenvalue weighted by molar-refractivity contribution is -0.582. The molecule has 0 unspecified atom stereocenters. The molecule has 6 rings (SSSR count). The number of hydrogen-bond donors (Lipinski definition) is 0. The molecule has 0 N–H and O–H groups in total. The van der Waals surface area contributed by atoms with Crippen molar-refractivity contribution >= 4 is 5.84 Å². The van der Waals surface area contributed by atoms with Gasteiger partial charge in [0.25, 0.3) is 5.84 Å². The molecule has 38 heavy (non-hydrogen) atoms. The summed E-state index contributed by atoms with van der Waals surface area (Å²) in [6.45, 7) is 1.67. The van der Waals surface area contributed by atoms with Crippen molar-refractivity contribution in [2.24, 2.45) is 0 Å². The average Bonchev–Trinajstić information content (AvgIpc) is 3.28. The third-order valence-corrected chi connectivity index (χ3v) is 7.22. The third kappa shape index (κ3) is 5.34. The highest BCUT2D eigenvalue weighted by atomic mass is 79.9. The molecule has 5 aromatic rings. The van der Waals surface area contributed by atoms with Crippen LogP contribution in [0.3, 0.4) is 0 Å². The van der Waals surface area contributed by atoms with Crippen LogP contribution in [-0.4, -0.2) is 15.3 Å². The first-order chi connectivity index (χ1) is 18.4. The lowest BCUT2D eigenvalue weighted by Gasteiger charge is -2.25. The molecule has 2 atom stereocenters. The van der Waals surface area contributed by atoms with Crippen LogP contribution in [0.15, 0.2) is 152 Å². The predicted molar refractivity (Wildman–Crippen MR) is 151 cm³/mol. The van der Waals surface area contributed by atoms with E-state index in [4.69, 9.17) is 0 Å². The van der Waals surface area contributed by atoms with Crippen LogP contribution in [0.1, 0.15) is 39.9 Å². The second-order valence-electron chi connectivity index (χ2n) is 9.63. The zero-order valence-electron chi connectivity index (χ0n) is 21.3. The van der Waals surface area contributed by atoms with Crippen LogP contribution in [0.5, 0.6) is 0 Å². The summed E-state index contributed by atoms with van der Waals surface area (Å²) in [6.07, 6.45) is 0. The Bertz CT molecular complexity index is 1450. The lowest BCUT2D eigenvalue weighted by Crippen LogP contribution is -3.00. The van der Waals surface area contributed by atoms with Crippen LogP contribution in [0.4, 0.5) is 0 Å². The SMILES string of the molecule is [Br-].c1ccc(CN2C(c3ccccc3)=[N+](Cc3ccccc3)[C@H](c3ccccc3)[C@H]2c2ccccc2)cc1. The van der Waals surface area contributed by atoms with Crippen molar-refractivity contribution in [3.63, 3.8) is 0 Å². The first-order valence-electron chi connectivity index (χ1n) is 13.0. The van der Waals surface area contributed by atoms with E-state index in [1.807, 2.05) is 0 Å². The molecule has 0 radical (unpaired) electrons. The Hall–Kier alpha value is -3.95. The van der Waals surface area contributed by atoms with E-state index in [1.165, 1.54) is 33.7 Å². The van der Waals surface area contributed by atoms with Crippen LogP contribution >= 0.6 is 0 Å². The Balaban J connectivity index is 0.00000294. The molecule has 2 nitrogen and oxygen atoms in total. The molecule has 1 aliphatic heterocycles. The van der Waals surface area contributed by atoms with Crippen LogP contribution in [0.25, 0.3) is 0 Å². The molecular weight excluding hydrogens is 528 g/mol. The Morgan fingerprint density at radius 2 is 0.947 bits per heavy atom. The van der Waals surface area contributed by atoms with Gasteiger partial charge in [-0.15, -0.1) is 0 Å². The Morgan fingerprint density at radius 1 is 0.500 bits per heavy atom. The molecule has 1 heterocycles. The molecule has 0 spiro atoms. The minimum Gasteiger partial charge on any atom is -1.00 e. The molecule has 0 aliphatic carbocycles. The van der Waals surface area contributed by atoms with E-state index in [2.05, 4.69) is 161 Å². The van der Waals surface area contributed by atoms with Gasteiger partial charge < -0.3 is 17.0 Å². The normalized spacial score (nSPS) is 16.8. The predicted octanol–water partition coefficient (Wildman–Crippen LogP) is 4.65. The highest BCUT2D eigenvalue weighted by Crippen LogP contribution is 2.44. The fourth-order valence-corrected chi connectivity index (χ4v) is 5.62. The van der Waals surface area contributed by atoms with E-state index in [0.717, 1.165) is 13.1 Å². The summed E-state index contributed by atoms with van der Waals surface area (Å²) in [7, 11) is 0. The summed E-state index contributed by atoms with van der Waals surface area (Å²) in [5, 5.41) is 0. The molecule has 5 aromatic carbocycles. The van der Waals surface area contributed by atoms with Crippen molar-refractivity contribution in [2.45, 2.75) is 25.2 Å². The van der Waals surface area contributed by atoms with E-state index in [1.54, 1.807) is 0 Å². The molecule has 0 amide bonds. The summed E-state index contributed by atoms with van der Waals surface area (Å²) in [4.78, 5) is 2.63. The van der Waals surface area contributed by atoms with E-state index >= 15 is 0 Å². The minimum atomic E-state index is 0. The molecule has 0 bridgehead atoms. The van der Waals surface area contributed by atoms with Crippen molar-refractivity contribution in [1.82, 2.24) is 4.90 Å². The third-order valence-electron chi connectivity index (χ3n) is 7.22. The van der Waals surface area contributed by atoms with Crippen LogP contribution in [0.2, 0.25) is 0 Å². The van der Waals surface area contributed by atoms with E-state index in [0.29, 0.717) is 0 Å². The van der Waals surface area contributed by atoms with Gasteiger partial charge in [0.15, 0.2) is 12.1 Å². The second-order valence-corrected chi connectivity index (χ2v) is 9.63. The Kier molecular flexibility index (Phi) is 8.15. The number of rotatable bonds is 7. The summed E-state index contributed by atoms with van der Waals surface area (Å²) < 4.78 is 2.63. The van der Waals surface area contributed by atoms with Crippen LogP contribution < -0.4 is 17.0 Å². The molecule has 0 aromatic heterocycles. The molecule has 0 fully saturated rings. The summed E-state index contributed by atoms with van der Waals surface area (Å²) in [5.74, 6) is 1.27. The summed E-state index contributed by atoms with van der Waals surface area (Å²) in [5.41, 5.74) is 6.52. The maximum Gasteiger partial charge on any atom is 0.281 e. The largest absolute Gasteiger partial charge is 1.00 e. The standard InChI is InChI=1S/C35H31N2.BrH/c1-6-16-28(17-7-1)26-36-33(30-20-10-3-11-21-30)34(31-22-12-4-13-23-31)37(27-29-18-8-2-9-19-29)35(36)32-24-14-5-15-25-32;/h1-25,33-34H,26-27H2;1H/q+1;/p-1/t33-,34-;/m1./s1. The molecule has 188 valence electrons. The molecule has 0 saturated heterocycles. The molecular formula is C35H31BrN2. The van der Waals surface area contributed by atoms with E-state index < -0.39 is 0 Å². The highest BCUT2D eigenvalue weighted by molar-refractivity contribution is 5.96. The van der Waals surface area contributed by atoms with Gasteiger partial charge >= 0.3 is 0 Å². The Morgan fingerprint density at radius 3 is 1.50 bits per heavy atom. The van der Waals surface area contributed by atoms with Gasteiger partial charge in [-0.3, -0.25) is 0 Å². The number of benzene rings is 5. The van der Waals surface area contributed by atoms with Crippen molar-refractivity contribution in [1.29, 1.82) is 0 Å². The van der Waals surface area contributed by atoms with Crippen molar-refractivity contribution < 1.29 is 21.6 Å². The molecule has 3 heteroatoms. The van der Waals surface area contributed by atoms with Gasteiger partial charge in [0.2, 0.25) is 0 Å². The number of nitrogens with zero attached hydrogens (tertiary/aromatic N) is 2. The van der Waals surface area contributed by atoms with Crippen molar-refractivity contribution in [3.05, 3.63) is 179 Å². The van der Waals surface area contributed by atoms with Gasteiger partial charge in [0.05, 0.1) is 5.56 Å². The fourth-order valence-electron chi connectivity index (χ4n) is 5.62. The number of amidine groups is 1. The van der Waals surface area contributed by atoms with Crippen LogP contribution in [-0.2, 0) is 13.1 Å². The smallest absolute Gasteiger partial charge is 0.281 e. The molecule has 0 saturated carbocycles. The highest BCUT2D eigenvalue weighted by Gasteiger charge is 2.49. The first-order valence-corrected chi connectivity index (χ1v) is 13.0. The summed E-state index contributed by atoms with van der Waals surface area (Å²) in [6, 6.07) is 55.0. The second kappa shape index (κ2) is 12.1. The first kappa shape index (κ1) is 25.7. The minimum absolute atomic E-state index is 0. The van der Waals surface area contributed by atoms with Gasteiger partial charge in [0.1, 0.15) is 13.1 Å². The topological polar surface area (TPSA) is 6.25 Å². The molecule has 1 aliphatic rings. The van der Waals surface area contributed by atoms with E-state index in [-0.39, 0.29) is 29.1 Å². The van der Waals surface area contributed by atoms with Crippen molar-refractivity contribution in [2.75, 3.05) is 0 Å².